The van der Waals surface area contributed by atoms with Crippen molar-refractivity contribution in [3.63, 3.8) is 0 Å². The van der Waals surface area contributed by atoms with Crippen molar-refractivity contribution in [1.29, 1.82) is 0 Å². The highest BCUT2D eigenvalue weighted by Crippen LogP contribution is 2.28. The number of aliphatic hydroxyl groups excluding tert-OH is 1. The topological polar surface area (TPSA) is 49.5 Å². The largest absolute Gasteiger partial charge is 0.395 e. The molecule has 0 aromatic heterocycles. The van der Waals surface area contributed by atoms with E-state index in [1.54, 1.807) is 0 Å². The Labute approximate surface area is 96.9 Å². The molecule has 2 atom stereocenters. The van der Waals surface area contributed by atoms with E-state index in [9.17, 15) is 5.11 Å². The summed E-state index contributed by atoms with van der Waals surface area (Å²) in [5, 5.41) is 9.35. The number of benzene rings is 1. The van der Waals surface area contributed by atoms with Crippen LogP contribution in [0.3, 0.4) is 0 Å². The van der Waals surface area contributed by atoms with E-state index in [0.29, 0.717) is 6.54 Å². The fourth-order valence-corrected chi connectivity index (χ4v) is 2.60. The molecular weight excluding hydrogens is 200 g/mol. The summed E-state index contributed by atoms with van der Waals surface area (Å²) in [6.07, 6.45) is 2.24. The van der Waals surface area contributed by atoms with Crippen molar-refractivity contribution in [2.75, 3.05) is 19.7 Å². The normalized spacial score (nSPS) is 23.5. The van der Waals surface area contributed by atoms with Crippen molar-refractivity contribution in [2.45, 2.75) is 24.9 Å². The lowest BCUT2D eigenvalue weighted by atomic mass is 10.0. The average molecular weight is 220 g/mol. The van der Waals surface area contributed by atoms with Gasteiger partial charge in [-0.15, -0.1) is 0 Å². The van der Waals surface area contributed by atoms with Crippen LogP contribution in [0.4, 0.5) is 0 Å². The van der Waals surface area contributed by atoms with Gasteiger partial charge in [0.1, 0.15) is 0 Å². The van der Waals surface area contributed by atoms with Crippen LogP contribution in [0.25, 0.3) is 0 Å². The summed E-state index contributed by atoms with van der Waals surface area (Å²) >= 11 is 0. The molecule has 1 aromatic rings. The molecule has 3 nitrogen and oxygen atoms in total. The first-order chi connectivity index (χ1) is 7.86. The number of aliphatic hydroxyl groups is 1. The molecule has 1 heterocycles. The fourth-order valence-electron chi connectivity index (χ4n) is 2.60. The van der Waals surface area contributed by atoms with Crippen molar-refractivity contribution >= 4 is 0 Å². The second-order valence-corrected chi connectivity index (χ2v) is 4.38. The molecule has 1 fully saturated rings. The van der Waals surface area contributed by atoms with E-state index in [0.717, 1.165) is 19.4 Å². The first-order valence-electron chi connectivity index (χ1n) is 5.98. The molecule has 1 saturated heterocycles. The van der Waals surface area contributed by atoms with Crippen LogP contribution in [-0.2, 0) is 0 Å². The van der Waals surface area contributed by atoms with Crippen molar-refractivity contribution < 1.29 is 5.11 Å². The third-order valence-corrected chi connectivity index (χ3v) is 3.44. The number of nitrogens with zero attached hydrogens (tertiary/aromatic N) is 1. The van der Waals surface area contributed by atoms with Crippen LogP contribution in [0.15, 0.2) is 30.3 Å². The SMILES string of the molecule is NC[C@H](c1ccccc1)N1CCC[C@H]1CO. The fraction of sp³-hybridized carbons (Fsp3) is 0.538. The monoisotopic (exact) mass is 220 g/mol. The number of hydrogen-bond acceptors (Lipinski definition) is 3. The molecule has 2 rings (SSSR count). The summed E-state index contributed by atoms with van der Waals surface area (Å²) in [4.78, 5) is 2.34. The average Bonchev–Trinajstić information content (AvgIpc) is 2.80. The first-order valence-corrected chi connectivity index (χ1v) is 5.98. The van der Waals surface area contributed by atoms with Gasteiger partial charge in [-0.1, -0.05) is 30.3 Å². The predicted octanol–water partition coefficient (Wildman–Crippen LogP) is 1.14. The van der Waals surface area contributed by atoms with Gasteiger partial charge in [-0.2, -0.15) is 0 Å². The van der Waals surface area contributed by atoms with Gasteiger partial charge in [0.2, 0.25) is 0 Å². The lowest BCUT2D eigenvalue weighted by Gasteiger charge is -2.31. The lowest BCUT2D eigenvalue weighted by molar-refractivity contribution is 0.121. The molecule has 0 spiro atoms. The van der Waals surface area contributed by atoms with E-state index >= 15 is 0 Å². The standard InChI is InChI=1S/C13H20N2O/c14-9-13(11-5-2-1-3-6-11)15-8-4-7-12(15)10-16/h1-3,5-6,12-13,16H,4,7-10,14H2/t12-,13+/m0/s1. The molecule has 0 aliphatic carbocycles. The van der Waals surface area contributed by atoms with E-state index in [4.69, 9.17) is 5.73 Å². The van der Waals surface area contributed by atoms with Crippen molar-refractivity contribution in [2.24, 2.45) is 5.73 Å². The molecule has 0 bridgehead atoms. The Kier molecular flexibility index (Phi) is 3.93. The molecule has 0 unspecified atom stereocenters. The van der Waals surface area contributed by atoms with Crippen LogP contribution in [0.5, 0.6) is 0 Å². The molecule has 1 aliphatic rings. The summed E-state index contributed by atoms with van der Waals surface area (Å²) < 4.78 is 0. The Morgan fingerprint density at radius 1 is 1.38 bits per heavy atom. The molecule has 3 N–H and O–H groups in total. The summed E-state index contributed by atoms with van der Waals surface area (Å²) in [5.74, 6) is 0. The maximum atomic E-state index is 9.35. The van der Waals surface area contributed by atoms with Gasteiger partial charge in [0.15, 0.2) is 0 Å². The second kappa shape index (κ2) is 5.43. The van der Waals surface area contributed by atoms with Crippen LogP contribution in [-0.4, -0.2) is 35.7 Å². The third kappa shape index (κ3) is 2.26. The van der Waals surface area contributed by atoms with Gasteiger partial charge in [0.05, 0.1) is 6.61 Å². The quantitative estimate of drug-likeness (QED) is 0.800. The van der Waals surface area contributed by atoms with Gasteiger partial charge in [0.25, 0.3) is 0 Å². The predicted molar refractivity (Wildman–Crippen MR) is 65.1 cm³/mol. The maximum absolute atomic E-state index is 9.35. The molecule has 0 radical (unpaired) electrons. The smallest absolute Gasteiger partial charge is 0.0587 e. The maximum Gasteiger partial charge on any atom is 0.0587 e. The van der Waals surface area contributed by atoms with Gasteiger partial charge in [-0.3, -0.25) is 4.90 Å². The number of hydrogen-bond donors (Lipinski definition) is 2. The van der Waals surface area contributed by atoms with Crippen LogP contribution < -0.4 is 5.73 Å². The van der Waals surface area contributed by atoms with Gasteiger partial charge < -0.3 is 10.8 Å². The summed E-state index contributed by atoms with van der Waals surface area (Å²) in [6.45, 7) is 1.89. The molecular formula is C13H20N2O. The minimum absolute atomic E-state index is 0.239. The van der Waals surface area contributed by atoms with Crippen molar-refractivity contribution in [3.8, 4) is 0 Å². The number of likely N-dealkylation sites (tertiary alicyclic amines) is 1. The van der Waals surface area contributed by atoms with E-state index in [2.05, 4.69) is 17.0 Å². The molecule has 1 aliphatic heterocycles. The van der Waals surface area contributed by atoms with Crippen molar-refractivity contribution in [1.82, 2.24) is 4.90 Å². The molecule has 1 aromatic carbocycles. The second-order valence-electron chi connectivity index (χ2n) is 4.38. The van der Waals surface area contributed by atoms with E-state index in [1.165, 1.54) is 5.56 Å². The first kappa shape index (κ1) is 11.6. The van der Waals surface area contributed by atoms with E-state index in [1.807, 2.05) is 18.2 Å². The van der Waals surface area contributed by atoms with E-state index < -0.39 is 0 Å². The highest BCUT2D eigenvalue weighted by Gasteiger charge is 2.30. The van der Waals surface area contributed by atoms with Gasteiger partial charge in [-0.05, 0) is 24.9 Å². The zero-order chi connectivity index (χ0) is 11.4. The molecule has 0 saturated carbocycles. The Hall–Kier alpha value is -0.900. The molecule has 0 amide bonds. The highest BCUT2D eigenvalue weighted by molar-refractivity contribution is 5.20. The molecule has 3 heteroatoms. The van der Waals surface area contributed by atoms with Gasteiger partial charge in [-0.25, -0.2) is 0 Å². The number of rotatable bonds is 4. The lowest BCUT2D eigenvalue weighted by Crippen LogP contribution is -2.39. The Morgan fingerprint density at radius 3 is 2.75 bits per heavy atom. The molecule has 88 valence electrons. The Bertz CT molecular complexity index is 315. The van der Waals surface area contributed by atoms with Crippen LogP contribution >= 0.6 is 0 Å². The van der Waals surface area contributed by atoms with Crippen LogP contribution in [0, 0.1) is 0 Å². The van der Waals surface area contributed by atoms with Crippen LogP contribution in [0.2, 0.25) is 0 Å². The Morgan fingerprint density at radius 2 is 2.12 bits per heavy atom. The summed E-state index contributed by atoms with van der Waals surface area (Å²) in [5.41, 5.74) is 7.13. The summed E-state index contributed by atoms with van der Waals surface area (Å²) in [7, 11) is 0. The zero-order valence-corrected chi connectivity index (χ0v) is 9.55. The Balaban J connectivity index is 2.16. The third-order valence-electron chi connectivity index (χ3n) is 3.44. The van der Waals surface area contributed by atoms with Gasteiger partial charge in [0, 0.05) is 18.6 Å². The molecule has 16 heavy (non-hydrogen) atoms. The summed E-state index contributed by atoms with van der Waals surface area (Å²) in [6, 6.07) is 10.9. The van der Waals surface area contributed by atoms with Crippen molar-refractivity contribution in [3.05, 3.63) is 35.9 Å². The minimum atomic E-state index is 0.239. The zero-order valence-electron chi connectivity index (χ0n) is 9.55. The van der Waals surface area contributed by atoms with E-state index in [-0.39, 0.29) is 18.7 Å². The minimum Gasteiger partial charge on any atom is -0.395 e. The van der Waals surface area contributed by atoms with Crippen LogP contribution in [0.1, 0.15) is 24.4 Å². The van der Waals surface area contributed by atoms with Gasteiger partial charge >= 0.3 is 0 Å². The highest BCUT2D eigenvalue weighted by atomic mass is 16.3. The number of nitrogens with two attached hydrogens (primary N) is 1.